The molecule has 61 heavy (non-hydrogen) atoms. The van der Waals surface area contributed by atoms with Gasteiger partial charge >= 0.3 is 0 Å². The minimum absolute atomic E-state index is 0.0245. The monoisotopic (exact) mass is 816 g/mol. The number of hydrogen-bond acceptors (Lipinski definition) is 7. The molecule has 0 aliphatic carbocycles. The lowest BCUT2D eigenvalue weighted by atomic mass is 9.93. The van der Waals surface area contributed by atoms with Crippen LogP contribution < -0.4 is 32.7 Å². The second-order valence-electron chi connectivity index (χ2n) is 15.0. The number of anilines is 2. The summed E-state index contributed by atoms with van der Waals surface area (Å²) >= 11 is 0. The van der Waals surface area contributed by atoms with Gasteiger partial charge in [0.2, 0.25) is 17.7 Å². The molecule has 0 saturated heterocycles. The molecule has 310 valence electrons. The topological polar surface area (TPSA) is 206 Å². The highest BCUT2D eigenvalue weighted by Crippen LogP contribution is 2.32. The van der Waals surface area contributed by atoms with E-state index in [1.54, 1.807) is 92.7 Å². The van der Waals surface area contributed by atoms with Crippen molar-refractivity contribution in [3.63, 3.8) is 0 Å². The van der Waals surface area contributed by atoms with Crippen molar-refractivity contribution in [2.75, 3.05) is 11.1 Å². The van der Waals surface area contributed by atoms with Crippen LogP contribution in [-0.2, 0) is 27.2 Å². The number of benzene rings is 6. The molecular formula is C49H48N6O6. The number of aromatic hydroxyl groups is 1. The standard InChI is InChI=1S/C49H48N6O6/c1-30(2)44(45(51)57)55-49(61)43(29-32-24-26-33(56)27-25-32)54-47(59)39-21-9-7-17-35(39)34-16-6-8-20-38(34)46(58)53-42(28-31-14-4-3-5-15-31)48(60)52-41-23-13-11-19-37(41)36-18-10-12-22-40(36)50/h3-27,30,42-44,56H,28-29,50H2,1-2H3,(H2,51,57)(H,52,60)(H,53,58)(H,54,59)(H,55,61)/t42-,43-,44-/m0/s1. The maximum atomic E-state index is 14.4. The van der Waals surface area contributed by atoms with Gasteiger partial charge in [-0.05, 0) is 64.6 Å². The van der Waals surface area contributed by atoms with Crippen molar-refractivity contribution in [2.24, 2.45) is 11.7 Å². The lowest BCUT2D eigenvalue weighted by molar-refractivity contribution is -0.129. The fraction of sp³-hybridized carbons (Fsp3) is 0.163. The average molecular weight is 817 g/mol. The third-order valence-electron chi connectivity index (χ3n) is 10.2. The van der Waals surface area contributed by atoms with Crippen LogP contribution in [0.3, 0.4) is 0 Å². The minimum atomic E-state index is -1.16. The molecule has 3 atom stereocenters. The number of carbonyl (C=O) groups is 5. The van der Waals surface area contributed by atoms with Gasteiger partial charge in [0.05, 0.1) is 0 Å². The fourth-order valence-corrected chi connectivity index (χ4v) is 7.05. The predicted octanol–water partition coefficient (Wildman–Crippen LogP) is 6.26. The highest BCUT2D eigenvalue weighted by atomic mass is 16.3. The second-order valence-corrected chi connectivity index (χ2v) is 15.0. The van der Waals surface area contributed by atoms with Crippen LogP contribution in [0, 0.1) is 5.92 Å². The van der Waals surface area contributed by atoms with Crippen LogP contribution in [0.4, 0.5) is 11.4 Å². The molecule has 0 fully saturated rings. The molecular weight excluding hydrogens is 769 g/mol. The number of phenolic OH excluding ortho intramolecular Hbond substituents is 1. The molecule has 0 saturated carbocycles. The predicted molar refractivity (Wildman–Crippen MR) is 237 cm³/mol. The number of para-hydroxylation sites is 2. The van der Waals surface area contributed by atoms with E-state index in [0.717, 1.165) is 16.7 Å². The Kier molecular flexibility index (Phi) is 13.9. The number of rotatable bonds is 16. The Morgan fingerprint density at radius 1 is 0.525 bits per heavy atom. The maximum absolute atomic E-state index is 14.4. The van der Waals surface area contributed by atoms with Crippen LogP contribution in [0.1, 0.15) is 45.7 Å². The van der Waals surface area contributed by atoms with E-state index in [0.29, 0.717) is 28.1 Å². The molecule has 6 aromatic rings. The highest BCUT2D eigenvalue weighted by molar-refractivity contribution is 6.09. The summed E-state index contributed by atoms with van der Waals surface area (Å²) in [5.74, 6) is -3.27. The fourth-order valence-electron chi connectivity index (χ4n) is 7.05. The first kappa shape index (κ1) is 42.9. The largest absolute Gasteiger partial charge is 0.508 e. The van der Waals surface area contributed by atoms with Gasteiger partial charge in [-0.2, -0.15) is 0 Å². The Bertz CT molecular complexity index is 2520. The molecule has 0 aromatic heterocycles. The molecule has 0 spiro atoms. The first-order chi connectivity index (χ1) is 29.4. The second kappa shape index (κ2) is 19.8. The molecule has 0 aliphatic heterocycles. The van der Waals surface area contributed by atoms with Gasteiger partial charge in [0.15, 0.2) is 0 Å². The number of amides is 5. The van der Waals surface area contributed by atoms with Gasteiger partial charge in [-0.25, -0.2) is 0 Å². The van der Waals surface area contributed by atoms with E-state index in [1.807, 2.05) is 60.7 Å². The van der Waals surface area contributed by atoms with E-state index in [1.165, 1.54) is 12.1 Å². The van der Waals surface area contributed by atoms with Crippen LogP contribution in [0.25, 0.3) is 22.3 Å². The summed E-state index contributed by atoms with van der Waals surface area (Å²) in [7, 11) is 0. The third-order valence-corrected chi connectivity index (χ3v) is 10.2. The summed E-state index contributed by atoms with van der Waals surface area (Å²) < 4.78 is 0. The van der Waals surface area contributed by atoms with Crippen molar-refractivity contribution < 1.29 is 29.1 Å². The average Bonchev–Trinajstić information content (AvgIpc) is 3.26. The third kappa shape index (κ3) is 10.9. The number of carbonyl (C=O) groups excluding carboxylic acids is 5. The molecule has 6 aromatic carbocycles. The lowest BCUT2D eigenvalue weighted by Gasteiger charge is -2.24. The van der Waals surface area contributed by atoms with E-state index in [-0.39, 0.29) is 35.6 Å². The molecule has 12 nitrogen and oxygen atoms in total. The summed E-state index contributed by atoms with van der Waals surface area (Å²) in [6.45, 7) is 3.48. The van der Waals surface area contributed by atoms with Gasteiger partial charge in [-0.1, -0.05) is 129 Å². The summed E-state index contributed by atoms with van der Waals surface area (Å²) in [6.07, 6.45) is 0.198. The normalized spacial score (nSPS) is 12.4. The smallest absolute Gasteiger partial charge is 0.252 e. The van der Waals surface area contributed by atoms with Gasteiger partial charge in [0.25, 0.3) is 11.8 Å². The van der Waals surface area contributed by atoms with Crippen molar-refractivity contribution in [2.45, 2.75) is 44.8 Å². The highest BCUT2D eigenvalue weighted by Gasteiger charge is 2.30. The molecule has 12 heteroatoms. The molecule has 0 unspecified atom stereocenters. The zero-order chi connectivity index (χ0) is 43.5. The quantitative estimate of drug-likeness (QED) is 0.0559. The Balaban J connectivity index is 1.29. The van der Waals surface area contributed by atoms with Crippen LogP contribution >= 0.6 is 0 Å². The summed E-state index contributed by atoms with van der Waals surface area (Å²) in [6, 6.07) is 40.4. The number of nitrogens with two attached hydrogens (primary N) is 2. The number of hydrogen-bond donors (Lipinski definition) is 7. The van der Waals surface area contributed by atoms with Crippen LogP contribution in [-0.4, -0.2) is 52.8 Å². The van der Waals surface area contributed by atoms with Gasteiger partial charge in [0.1, 0.15) is 23.9 Å². The van der Waals surface area contributed by atoms with E-state index >= 15 is 0 Å². The molecule has 0 aliphatic rings. The van der Waals surface area contributed by atoms with Crippen LogP contribution in [0.5, 0.6) is 5.75 Å². The summed E-state index contributed by atoms with van der Waals surface area (Å²) in [4.78, 5) is 68.8. The molecule has 6 rings (SSSR count). The molecule has 0 bridgehead atoms. The van der Waals surface area contributed by atoms with Gasteiger partial charge < -0.3 is 37.8 Å². The first-order valence-electron chi connectivity index (χ1n) is 19.9. The maximum Gasteiger partial charge on any atom is 0.252 e. The van der Waals surface area contributed by atoms with Crippen LogP contribution in [0.15, 0.2) is 152 Å². The van der Waals surface area contributed by atoms with Gasteiger partial charge in [-0.15, -0.1) is 0 Å². The lowest BCUT2D eigenvalue weighted by Crippen LogP contribution is -2.55. The molecule has 5 amide bonds. The minimum Gasteiger partial charge on any atom is -0.508 e. The number of primary amides is 1. The number of phenols is 1. The zero-order valence-corrected chi connectivity index (χ0v) is 33.8. The first-order valence-corrected chi connectivity index (χ1v) is 19.9. The Morgan fingerprint density at radius 2 is 0.984 bits per heavy atom. The van der Waals surface area contributed by atoms with E-state index in [2.05, 4.69) is 21.3 Å². The van der Waals surface area contributed by atoms with Crippen molar-refractivity contribution in [3.05, 3.63) is 174 Å². The van der Waals surface area contributed by atoms with Gasteiger partial charge in [0, 0.05) is 46.5 Å². The molecule has 0 radical (unpaired) electrons. The SMILES string of the molecule is CC(C)[C@H](NC(=O)[C@H](Cc1ccc(O)cc1)NC(=O)c1ccccc1-c1ccccc1C(=O)N[C@@H](Cc1ccccc1)C(=O)Nc1ccccc1-c1ccccc1N)C(N)=O. The molecule has 0 heterocycles. The van der Waals surface area contributed by atoms with Crippen molar-refractivity contribution >= 4 is 40.9 Å². The van der Waals surface area contributed by atoms with E-state index in [9.17, 15) is 29.1 Å². The van der Waals surface area contributed by atoms with E-state index < -0.39 is 47.7 Å². The number of nitrogen functional groups attached to an aromatic ring is 1. The summed E-state index contributed by atoms with van der Waals surface area (Å²) in [5.41, 5.74) is 17.0. The molecule has 9 N–H and O–H groups in total. The van der Waals surface area contributed by atoms with Crippen molar-refractivity contribution in [1.29, 1.82) is 0 Å². The van der Waals surface area contributed by atoms with Crippen LogP contribution in [0.2, 0.25) is 0 Å². The van der Waals surface area contributed by atoms with Gasteiger partial charge in [-0.3, -0.25) is 24.0 Å². The Morgan fingerprint density at radius 3 is 1.52 bits per heavy atom. The Labute approximate surface area is 354 Å². The van der Waals surface area contributed by atoms with Crippen molar-refractivity contribution in [3.8, 4) is 28.0 Å². The Hall–Kier alpha value is -7.73. The van der Waals surface area contributed by atoms with Crippen molar-refractivity contribution in [1.82, 2.24) is 16.0 Å². The zero-order valence-electron chi connectivity index (χ0n) is 33.8. The number of nitrogens with one attached hydrogen (secondary N) is 4. The van der Waals surface area contributed by atoms with E-state index in [4.69, 9.17) is 11.5 Å². The summed E-state index contributed by atoms with van der Waals surface area (Å²) in [5, 5.41) is 21.3.